The summed E-state index contributed by atoms with van der Waals surface area (Å²) in [5, 5.41) is 11.9. The summed E-state index contributed by atoms with van der Waals surface area (Å²) < 4.78 is 4.34. The van der Waals surface area contributed by atoms with Gasteiger partial charge in [0.1, 0.15) is 13.2 Å². The van der Waals surface area contributed by atoms with E-state index >= 15 is 0 Å². The Balaban J connectivity index is 0. The molecule has 0 rings (SSSR count). The van der Waals surface area contributed by atoms with Gasteiger partial charge in [-0.3, -0.25) is 14.9 Å². The lowest BCUT2D eigenvalue weighted by molar-refractivity contribution is -0.131. The molecule has 0 bridgehead atoms. The number of isocyanates is 3. The number of imide groups is 1. The van der Waals surface area contributed by atoms with Gasteiger partial charge in [-0.1, -0.05) is 0 Å². The van der Waals surface area contributed by atoms with Gasteiger partial charge in [0.05, 0.1) is 6.54 Å². The fraction of sp³-hybridized carbons (Fsp3) is 0.500. The summed E-state index contributed by atoms with van der Waals surface area (Å²) in [6.07, 6.45) is 3.21. The predicted octanol–water partition coefficient (Wildman–Crippen LogP) is -2.31. The summed E-state index contributed by atoms with van der Waals surface area (Å²) in [7, 11) is 0. The Labute approximate surface area is 140 Å². The molecule has 0 spiro atoms. The van der Waals surface area contributed by atoms with Crippen LogP contribution in [-0.4, -0.2) is 74.2 Å². The largest absolute Gasteiger partial charge is 0.439 e. The minimum atomic E-state index is -0.998. The molecule has 0 saturated heterocycles. The van der Waals surface area contributed by atoms with Crippen molar-refractivity contribution in [3.63, 3.8) is 0 Å². The Morgan fingerprint density at radius 2 is 1.60 bits per heavy atom. The summed E-state index contributed by atoms with van der Waals surface area (Å²) in [4.78, 5) is 70.4. The molecule has 25 heavy (non-hydrogen) atoms. The first-order valence-electron chi connectivity index (χ1n) is 6.46. The van der Waals surface area contributed by atoms with E-state index in [9.17, 15) is 28.8 Å². The number of ether oxygens (including phenoxy) is 1. The summed E-state index contributed by atoms with van der Waals surface area (Å²) in [5.74, 6) is -1.73. The van der Waals surface area contributed by atoms with Crippen molar-refractivity contribution in [1.82, 2.24) is 10.6 Å². The van der Waals surface area contributed by atoms with Gasteiger partial charge in [-0.2, -0.15) is 9.98 Å². The van der Waals surface area contributed by atoms with Crippen LogP contribution in [0.15, 0.2) is 15.0 Å². The minimum Gasteiger partial charge on any atom is -0.439 e. The Morgan fingerprint density at radius 3 is 2.16 bits per heavy atom. The van der Waals surface area contributed by atoms with Crippen molar-refractivity contribution in [3.05, 3.63) is 0 Å². The second kappa shape index (κ2) is 18.6. The van der Waals surface area contributed by atoms with Crippen molar-refractivity contribution < 1.29 is 38.6 Å². The maximum absolute atomic E-state index is 11.0. The number of hydrogen-bond acceptors (Lipinski definition) is 11. The van der Waals surface area contributed by atoms with Gasteiger partial charge in [-0.15, -0.1) is 0 Å². The molecule has 0 saturated carbocycles. The van der Waals surface area contributed by atoms with Crippen LogP contribution in [0.25, 0.3) is 0 Å². The Morgan fingerprint density at radius 1 is 0.960 bits per heavy atom. The number of aliphatic hydroxyl groups excluding tert-OH is 1. The van der Waals surface area contributed by atoms with Gasteiger partial charge in [-0.25, -0.2) is 24.2 Å². The van der Waals surface area contributed by atoms with Crippen LogP contribution in [0.4, 0.5) is 4.79 Å². The lowest BCUT2D eigenvalue weighted by Gasteiger charge is -2.04. The highest BCUT2D eigenvalue weighted by atomic mass is 16.6. The first-order chi connectivity index (χ1) is 12.0. The molecule has 0 aliphatic carbocycles. The normalized spacial score (nSPS) is 8.04. The number of alkyl carbamates (subject to hydrolysis) is 1. The van der Waals surface area contributed by atoms with Crippen molar-refractivity contribution >= 4 is 36.1 Å². The summed E-state index contributed by atoms with van der Waals surface area (Å²) >= 11 is 0. The van der Waals surface area contributed by atoms with Crippen molar-refractivity contribution in [2.75, 3.05) is 33.0 Å². The summed E-state index contributed by atoms with van der Waals surface area (Å²) in [6, 6.07) is 0. The number of amides is 3. The molecule has 0 aromatic rings. The average molecular weight is 357 g/mol. The van der Waals surface area contributed by atoms with E-state index in [1.807, 2.05) is 5.32 Å². The van der Waals surface area contributed by atoms with E-state index < -0.39 is 31.1 Å². The third kappa shape index (κ3) is 20.5. The first kappa shape index (κ1) is 23.8. The highest BCUT2D eigenvalue weighted by molar-refractivity contribution is 5.97. The number of aliphatic imine (C=N–C) groups is 3. The zero-order chi connectivity index (χ0) is 19.3. The highest BCUT2D eigenvalue weighted by Gasteiger charge is 2.09. The fourth-order valence-electron chi connectivity index (χ4n) is 0.849. The van der Waals surface area contributed by atoms with Crippen molar-refractivity contribution in [1.29, 1.82) is 0 Å². The number of aliphatic hydroxyl groups is 1. The number of hydrogen-bond donors (Lipinski definition) is 3. The SMILES string of the molecule is O=C=NCCCO.O=C=NCNC(=O)OCC(=O)NC(=O)CN=C=O. The predicted molar refractivity (Wildman–Crippen MR) is 78.3 cm³/mol. The van der Waals surface area contributed by atoms with E-state index in [0.717, 1.165) is 6.08 Å². The van der Waals surface area contributed by atoms with Crippen molar-refractivity contribution in [2.24, 2.45) is 15.0 Å². The third-order valence-corrected chi connectivity index (χ3v) is 1.76. The van der Waals surface area contributed by atoms with Crippen molar-refractivity contribution in [3.8, 4) is 0 Å². The lowest BCUT2D eigenvalue weighted by Crippen LogP contribution is -2.37. The van der Waals surface area contributed by atoms with Crippen LogP contribution in [0.3, 0.4) is 0 Å². The summed E-state index contributed by atoms with van der Waals surface area (Å²) in [6.45, 7) is -1.12. The van der Waals surface area contributed by atoms with Gasteiger partial charge in [0.15, 0.2) is 6.61 Å². The molecule has 13 nitrogen and oxygen atoms in total. The van der Waals surface area contributed by atoms with E-state index in [2.05, 4.69) is 19.7 Å². The molecule has 3 N–H and O–H groups in total. The van der Waals surface area contributed by atoms with Crippen LogP contribution in [0.1, 0.15) is 6.42 Å². The molecule has 0 atom stereocenters. The molecule has 0 fully saturated rings. The maximum atomic E-state index is 11.0. The Bertz CT molecular complexity index is 574. The molecule has 0 radical (unpaired) electrons. The standard InChI is InChI=1S/C8H8N4O6.C4H7NO2/c13-4-9-1-6(15)12-7(16)2-18-8(17)11-3-10-5-14;6-3-1-2-5-4-7/h1-3H2,(H,11,17)(H,12,15,16);6H,1-3H2. The van der Waals surface area contributed by atoms with Crippen LogP contribution >= 0.6 is 0 Å². The van der Waals surface area contributed by atoms with E-state index in [1.165, 1.54) is 12.2 Å². The Kier molecular flexibility index (Phi) is 17.6. The topological polar surface area (TPSA) is 193 Å². The average Bonchev–Trinajstić information content (AvgIpc) is 2.59. The first-order valence-corrected chi connectivity index (χ1v) is 6.46. The highest BCUT2D eigenvalue weighted by Crippen LogP contribution is 1.79. The number of carbonyl (C=O) groups is 3. The molecule has 0 aliphatic rings. The number of rotatable bonds is 9. The minimum absolute atomic E-state index is 0.0885. The number of nitrogens with one attached hydrogen (secondary N) is 2. The molecule has 0 unspecified atom stereocenters. The zero-order valence-corrected chi connectivity index (χ0v) is 12.9. The van der Waals surface area contributed by atoms with Crippen LogP contribution < -0.4 is 10.6 Å². The van der Waals surface area contributed by atoms with E-state index in [-0.39, 0.29) is 13.3 Å². The zero-order valence-electron chi connectivity index (χ0n) is 12.9. The van der Waals surface area contributed by atoms with Gasteiger partial charge >= 0.3 is 6.09 Å². The fourth-order valence-corrected chi connectivity index (χ4v) is 0.849. The Hall–Kier alpha value is -3.49. The second-order valence-corrected chi connectivity index (χ2v) is 3.59. The van der Waals surface area contributed by atoms with Gasteiger partial charge in [0.25, 0.3) is 5.91 Å². The smallest absolute Gasteiger partial charge is 0.409 e. The lowest BCUT2D eigenvalue weighted by atomic mass is 10.5. The molecule has 0 heterocycles. The molecule has 136 valence electrons. The van der Waals surface area contributed by atoms with Crippen molar-refractivity contribution in [2.45, 2.75) is 6.42 Å². The van der Waals surface area contributed by atoms with Crippen LogP contribution in [0.2, 0.25) is 0 Å². The monoisotopic (exact) mass is 357 g/mol. The molecule has 3 amide bonds. The van der Waals surface area contributed by atoms with Crippen LogP contribution in [-0.2, 0) is 28.7 Å². The van der Waals surface area contributed by atoms with Crippen LogP contribution in [0.5, 0.6) is 0 Å². The number of nitrogens with zero attached hydrogens (tertiary/aromatic N) is 3. The quantitative estimate of drug-likeness (QED) is 0.232. The van der Waals surface area contributed by atoms with E-state index in [4.69, 9.17) is 5.11 Å². The third-order valence-electron chi connectivity index (χ3n) is 1.76. The van der Waals surface area contributed by atoms with Gasteiger partial charge < -0.3 is 15.2 Å². The van der Waals surface area contributed by atoms with Gasteiger partial charge in [0.2, 0.25) is 24.1 Å². The van der Waals surface area contributed by atoms with Crippen LogP contribution in [0, 0.1) is 0 Å². The van der Waals surface area contributed by atoms with E-state index in [1.54, 1.807) is 5.32 Å². The van der Waals surface area contributed by atoms with E-state index in [0.29, 0.717) is 13.0 Å². The number of carbonyl (C=O) groups excluding carboxylic acids is 6. The molecular weight excluding hydrogens is 342 g/mol. The molecular formula is C12H15N5O8. The van der Waals surface area contributed by atoms with Gasteiger partial charge in [0, 0.05) is 6.61 Å². The molecule has 0 aromatic heterocycles. The second-order valence-electron chi connectivity index (χ2n) is 3.59. The molecule has 0 aliphatic heterocycles. The molecule has 0 aromatic carbocycles. The summed E-state index contributed by atoms with van der Waals surface area (Å²) in [5.41, 5.74) is 0. The molecule has 13 heteroatoms. The maximum Gasteiger partial charge on any atom is 0.409 e. The van der Waals surface area contributed by atoms with Gasteiger partial charge in [-0.05, 0) is 6.42 Å².